The Morgan fingerprint density at radius 1 is 1.13 bits per heavy atom. The van der Waals surface area contributed by atoms with Crippen LogP contribution in [-0.4, -0.2) is 22.3 Å². The molecule has 4 fully saturated rings. The number of nitrogens with zero attached hydrogens (tertiary/aromatic N) is 1. The molecule has 5 rings (SSSR count). The summed E-state index contributed by atoms with van der Waals surface area (Å²) in [7, 11) is 0. The van der Waals surface area contributed by atoms with E-state index in [9.17, 15) is 14.7 Å². The van der Waals surface area contributed by atoms with Gasteiger partial charge in [-0.15, -0.1) is 0 Å². The summed E-state index contributed by atoms with van der Waals surface area (Å²) in [5.74, 6) is 1.42. The van der Waals surface area contributed by atoms with Crippen LogP contribution in [-0.2, 0) is 16.0 Å². The molecule has 0 radical (unpaired) electrons. The van der Waals surface area contributed by atoms with Gasteiger partial charge < -0.3 is 9.90 Å². The minimum atomic E-state index is -1.27. The first-order chi connectivity index (χ1) is 11.1. The van der Waals surface area contributed by atoms with E-state index in [0.29, 0.717) is 18.3 Å². The molecule has 1 heterocycles. The number of hydrogen-bond donors (Lipinski definition) is 1. The molecule has 0 spiro atoms. The molecule has 4 nitrogen and oxygen atoms in total. The second-order valence-corrected chi connectivity index (χ2v) is 7.95. The number of aromatic nitrogens is 1. The van der Waals surface area contributed by atoms with Crippen LogP contribution in [0.1, 0.15) is 37.7 Å². The van der Waals surface area contributed by atoms with Crippen molar-refractivity contribution in [1.82, 2.24) is 4.98 Å². The quantitative estimate of drug-likeness (QED) is 0.670. The zero-order chi connectivity index (χ0) is 16.0. The van der Waals surface area contributed by atoms with Crippen LogP contribution in [0.3, 0.4) is 0 Å². The molecule has 0 saturated heterocycles. The Morgan fingerprint density at radius 3 is 2.17 bits per heavy atom. The number of carboxylic acid groups (broad SMARTS) is 1. The van der Waals surface area contributed by atoms with Crippen molar-refractivity contribution in [3.63, 3.8) is 0 Å². The van der Waals surface area contributed by atoms with Crippen LogP contribution in [0.4, 0.5) is 0 Å². The van der Waals surface area contributed by atoms with Crippen molar-refractivity contribution in [1.29, 1.82) is 0 Å². The maximum atomic E-state index is 12.2. The summed E-state index contributed by atoms with van der Waals surface area (Å²) < 4.78 is 0. The Labute approximate surface area is 136 Å². The first-order valence-electron chi connectivity index (χ1n) is 8.71. The van der Waals surface area contributed by atoms with Gasteiger partial charge in [0.15, 0.2) is 0 Å². The summed E-state index contributed by atoms with van der Waals surface area (Å²) in [5, 5.41) is 10.0. The van der Waals surface area contributed by atoms with Gasteiger partial charge in [-0.2, -0.15) is 0 Å². The van der Waals surface area contributed by atoms with Gasteiger partial charge >= 0.3 is 5.97 Å². The van der Waals surface area contributed by atoms with E-state index in [4.69, 9.17) is 0 Å². The van der Waals surface area contributed by atoms with Crippen molar-refractivity contribution >= 4 is 12.3 Å². The van der Waals surface area contributed by atoms with Gasteiger partial charge in [0.25, 0.3) is 0 Å². The van der Waals surface area contributed by atoms with E-state index in [-0.39, 0.29) is 5.92 Å². The van der Waals surface area contributed by atoms with Crippen LogP contribution in [0.15, 0.2) is 24.5 Å². The number of rotatable bonds is 5. The standard InChI is InChI=1S/C19H23NO3/c21-11-19(18(22)23,10-12-1-3-20-4-2-12)17-15-6-13-5-14(8-15)9-16(17)7-13/h1-4,11,13-17H,5-10H2,(H,22,23). The lowest BCUT2D eigenvalue weighted by atomic mass is 9.46. The van der Waals surface area contributed by atoms with Gasteiger partial charge in [-0.3, -0.25) is 9.78 Å². The summed E-state index contributed by atoms with van der Waals surface area (Å²) >= 11 is 0. The van der Waals surface area contributed by atoms with Crippen LogP contribution in [0.5, 0.6) is 0 Å². The lowest BCUT2D eigenvalue weighted by Crippen LogP contribution is -2.56. The molecule has 122 valence electrons. The first kappa shape index (κ1) is 14.9. The van der Waals surface area contributed by atoms with Gasteiger partial charge in [-0.1, -0.05) is 0 Å². The number of hydrogen-bond acceptors (Lipinski definition) is 3. The third-order valence-corrected chi connectivity index (χ3v) is 6.68. The molecule has 1 aromatic heterocycles. The van der Waals surface area contributed by atoms with Crippen LogP contribution in [0.2, 0.25) is 0 Å². The van der Waals surface area contributed by atoms with E-state index < -0.39 is 11.4 Å². The summed E-state index contributed by atoms with van der Waals surface area (Å²) in [6, 6.07) is 3.66. The first-order valence-corrected chi connectivity index (χ1v) is 8.71. The maximum Gasteiger partial charge on any atom is 0.317 e. The molecule has 4 heteroatoms. The Morgan fingerprint density at radius 2 is 1.70 bits per heavy atom. The maximum absolute atomic E-state index is 12.2. The van der Waals surface area contributed by atoms with Crippen LogP contribution < -0.4 is 0 Å². The third-order valence-electron chi connectivity index (χ3n) is 6.68. The topological polar surface area (TPSA) is 67.3 Å². The van der Waals surface area contributed by atoms with E-state index in [1.807, 2.05) is 12.1 Å². The molecule has 0 amide bonds. The van der Waals surface area contributed by atoms with Crippen LogP contribution >= 0.6 is 0 Å². The van der Waals surface area contributed by atoms with Gasteiger partial charge in [-0.25, -0.2) is 0 Å². The van der Waals surface area contributed by atoms with Crippen molar-refractivity contribution in [2.45, 2.75) is 38.5 Å². The van der Waals surface area contributed by atoms with E-state index in [2.05, 4.69) is 4.98 Å². The molecular formula is C19H23NO3. The van der Waals surface area contributed by atoms with Crippen LogP contribution in [0.25, 0.3) is 0 Å². The monoisotopic (exact) mass is 313 g/mol. The molecule has 4 saturated carbocycles. The Bertz CT molecular complexity index is 586. The van der Waals surface area contributed by atoms with Crippen molar-refractivity contribution in [2.24, 2.45) is 35.0 Å². The minimum Gasteiger partial charge on any atom is -0.480 e. The number of aldehydes is 1. The second kappa shape index (κ2) is 5.43. The van der Waals surface area contributed by atoms with E-state index in [1.54, 1.807) is 12.4 Å². The second-order valence-electron chi connectivity index (χ2n) is 7.95. The largest absolute Gasteiger partial charge is 0.480 e. The smallest absolute Gasteiger partial charge is 0.317 e. The SMILES string of the molecule is O=CC(Cc1ccncc1)(C(=O)O)C1C2CC3CC(C2)CC1C3. The van der Waals surface area contributed by atoms with Gasteiger partial charge in [0.05, 0.1) is 0 Å². The van der Waals surface area contributed by atoms with E-state index in [0.717, 1.165) is 49.4 Å². The average Bonchev–Trinajstić information content (AvgIpc) is 2.53. The number of carbonyl (C=O) groups excluding carboxylic acids is 1. The molecule has 0 aliphatic heterocycles. The zero-order valence-electron chi connectivity index (χ0n) is 13.2. The lowest BCUT2D eigenvalue weighted by Gasteiger charge is -2.57. The predicted molar refractivity (Wildman–Crippen MR) is 84.6 cm³/mol. The Balaban J connectivity index is 1.71. The molecule has 1 N–H and O–H groups in total. The van der Waals surface area contributed by atoms with Crippen molar-refractivity contribution in [3.8, 4) is 0 Å². The summed E-state index contributed by atoms with van der Waals surface area (Å²) in [6.07, 6.45) is 10.2. The highest BCUT2D eigenvalue weighted by molar-refractivity contribution is 5.93. The molecule has 1 unspecified atom stereocenters. The van der Waals surface area contributed by atoms with Crippen molar-refractivity contribution in [2.75, 3.05) is 0 Å². The van der Waals surface area contributed by atoms with Crippen LogP contribution in [0, 0.1) is 35.0 Å². The lowest BCUT2D eigenvalue weighted by molar-refractivity contribution is -0.168. The highest BCUT2D eigenvalue weighted by Gasteiger charge is 2.58. The fourth-order valence-corrected chi connectivity index (χ4v) is 6.11. The molecule has 0 aromatic carbocycles. The normalized spacial score (nSPS) is 37.3. The van der Waals surface area contributed by atoms with Gasteiger partial charge in [-0.05, 0) is 85.8 Å². The molecule has 4 aliphatic carbocycles. The van der Waals surface area contributed by atoms with Gasteiger partial charge in [0.2, 0.25) is 0 Å². The minimum absolute atomic E-state index is 0.00142. The zero-order valence-corrected chi connectivity index (χ0v) is 13.2. The summed E-state index contributed by atoms with van der Waals surface area (Å²) in [6.45, 7) is 0. The molecule has 23 heavy (non-hydrogen) atoms. The highest BCUT2D eigenvalue weighted by atomic mass is 16.4. The Hall–Kier alpha value is -1.71. The number of carbonyl (C=O) groups is 2. The predicted octanol–water partition coefficient (Wildman–Crippen LogP) is 2.97. The molecule has 4 aliphatic rings. The molecule has 1 atom stereocenters. The summed E-state index contributed by atoms with van der Waals surface area (Å²) in [4.78, 5) is 28.3. The van der Waals surface area contributed by atoms with Gasteiger partial charge in [0, 0.05) is 12.4 Å². The summed E-state index contributed by atoms with van der Waals surface area (Å²) in [5.41, 5.74) is -0.382. The molecule has 1 aromatic rings. The van der Waals surface area contributed by atoms with E-state index in [1.165, 1.54) is 6.42 Å². The van der Waals surface area contributed by atoms with Crippen molar-refractivity contribution < 1.29 is 14.7 Å². The number of carboxylic acids is 1. The fourth-order valence-electron chi connectivity index (χ4n) is 6.11. The average molecular weight is 313 g/mol. The van der Waals surface area contributed by atoms with E-state index >= 15 is 0 Å². The third kappa shape index (κ3) is 2.30. The van der Waals surface area contributed by atoms with Crippen molar-refractivity contribution in [3.05, 3.63) is 30.1 Å². The Kier molecular flexibility index (Phi) is 3.51. The highest BCUT2D eigenvalue weighted by Crippen LogP contribution is 2.61. The number of pyridine rings is 1. The number of aliphatic carboxylic acids is 1. The van der Waals surface area contributed by atoms with Gasteiger partial charge in [0.1, 0.15) is 11.7 Å². The molecule has 4 bridgehead atoms. The fraction of sp³-hybridized carbons (Fsp3) is 0.632. The molecular weight excluding hydrogens is 290 g/mol.